The molecule has 3 amide bonds. The Hall–Kier alpha value is -2.63. The molecule has 4 aliphatic carbocycles. The van der Waals surface area contributed by atoms with Crippen LogP contribution in [0.1, 0.15) is 56.9 Å². The van der Waals surface area contributed by atoms with E-state index in [-0.39, 0.29) is 17.2 Å². The van der Waals surface area contributed by atoms with Gasteiger partial charge in [-0.05, 0) is 86.5 Å². The van der Waals surface area contributed by atoms with Crippen LogP contribution in [-0.2, 0) is 14.4 Å². The zero-order valence-corrected chi connectivity index (χ0v) is 20.0. The fraction of sp³-hybridized carbons (Fsp3) is 0.607. The summed E-state index contributed by atoms with van der Waals surface area (Å²) in [5.41, 5.74) is 1.78. The monoisotopic (exact) mass is 461 g/mol. The third-order valence-corrected chi connectivity index (χ3v) is 9.07. The number of rotatable bonds is 4. The molecule has 180 valence electrons. The van der Waals surface area contributed by atoms with Crippen LogP contribution in [-0.4, -0.2) is 60.2 Å². The van der Waals surface area contributed by atoms with Gasteiger partial charge in [-0.25, -0.2) is 0 Å². The van der Waals surface area contributed by atoms with E-state index < -0.39 is 0 Å². The molecule has 1 aromatic carbocycles. The second-order valence-electron chi connectivity index (χ2n) is 11.4. The van der Waals surface area contributed by atoms with Crippen molar-refractivity contribution in [2.24, 2.45) is 23.2 Å². The van der Waals surface area contributed by atoms with Gasteiger partial charge in [0.05, 0.1) is 5.41 Å². The van der Waals surface area contributed by atoms with Crippen molar-refractivity contribution in [3.05, 3.63) is 35.9 Å². The van der Waals surface area contributed by atoms with Gasteiger partial charge in [0, 0.05) is 50.9 Å². The van der Waals surface area contributed by atoms with Crippen molar-refractivity contribution in [1.29, 1.82) is 0 Å². The van der Waals surface area contributed by atoms with Crippen molar-refractivity contribution in [3.8, 4) is 0 Å². The Morgan fingerprint density at radius 3 is 1.97 bits per heavy atom. The van der Waals surface area contributed by atoms with E-state index in [0.717, 1.165) is 61.2 Å². The minimum Gasteiger partial charge on any atom is -0.339 e. The minimum atomic E-state index is -0.0906. The van der Waals surface area contributed by atoms with Crippen LogP contribution in [0.5, 0.6) is 0 Å². The zero-order chi connectivity index (χ0) is 23.3. The van der Waals surface area contributed by atoms with Crippen LogP contribution in [0, 0.1) is 23.2 Å². The molecule has 2 heterocycles. The highest BCUT2D eigenvalue weighted by atomic mass is 16.2. The molecule has 4 bridgehead atoms. The first-order valence-electron chi connectivity index (χ1n) is 13.2. The standard InChI is InChI=1S/C28H35N3O3/c32-25(8-5-20-3-6-24(7-4-20)31-9-1-2-26(31)33)29-10-12-30(13-11-29)27(34)28-17-21-14-22(18-28)16-23(15-21)19-28/h3-8,21-23H,1-2,9-19H2/b8-5+. The van der Waals surface area contributed by atoms with Gasteiger partial charge < -0.3 is 14.7 Å². The van der Waals surface area contributed by atoms with Crippen molar-refractivity contribution in [2.45, 2.75) is 51.4 Å². The molecule has 0 aromatic heterocycles. The fourth-order valence-electron chi connectivity index (χ4n) is 7.80. The maximum Gasteiger partial charge on any atom is 0.246 e. The largest absolute Gasteiger partial charge is 0.339 e. The van der Waals surface area contributed by atoms with Crippen LogP contribution < -0.4 is 4.90 Å². The summed E-state index contributed by atoms with van der Waals surface area (Å²) in [5.74, 6) is 2.88. The van der Waals surface area contributed by atoms with E-state index in [4.69, 9.17) is 0 Å². The van der Waals surface area contributed by atoms with Gasteiger partial charge in [0.15, 0.2) is 0 Å². The van der Waals surface area contributed by atoms with Crippen molar-refractivity contribution in [1.82, 2.24) is 9.80 Å². The first kappa shape index (κ1) is 21.9. The van der Waals surface area contributed by atoms with Gasteiger partial charge in [0.2, 0.25) is 17.7 Å². The summed E-state index contributed by atoms with van der Waals surface area (Å²) in [5, 5.41) is 0. The quantitative estimate of drug-likeness (QED) is 0.642. The van der Waals surface area contributed by atoms with Gasteiger partial charge in [-0.3, -0.25) is 14.4 Å². The number of hydrogen-bond acceptors (Lipinski definition) is 3. The zero-order valence-electron chi connectivity index (χ0n) is 20.0. The summed E-state index contributed by atoms with van der Waals surface area (Å²) in [6, 6.07) is 7.80. The minimum absolute atomic E-state index is 0.000649. The van der Waals surface area contributed by atoms with E-state index in [1.165, 1.54) is 19.3 Å². The number of carbonyl (C=O) groups is 3. The highest BCUT2D eigenvalue weighted by Crippen LogP contribution is 2.60. The maximum absolute atomic E-state index is 13.6. The van der Waals surface area contributed by atoms with Crippen molar-refractivity contribution < 1.29 is 14.4 Å². The topological polar surface area (TPSA) is 60.9 Å². The average molecular weight is 462 g/mol. The number of carbonyl (C=O) groups excluding carboxylic acids is 3. The number of piperazine rings is 1. The Labute approximate surface area is 202 Å². The Bertz CT molecular complexity index is 971. The second kappa shape index (κ2) is 8.54. The predicted molar refractivity (Wildman–Crippen MR) is 131 cm³/mol. The summed E-state index contributed by atoms with van der Waals surface area (Å²) < 4.78 is 0. The molecule has 4 saturated carbocycles. The van der Waals surface area contributed by atoms with Crippen LogP contribution >= 0.6 is 0 Å². The molecule has 34 heavy (non-hydrogen) atoms. The molecule has 6 aliphatic rings. The number of anilines is 1. The molecule has 7 rings (SSSR count). The van der Waals surface area contributed by atoms with Crippen molar-refractivity contribution in [3.63, 3.8) is 0 Å². The molecule has 0 spiro atoms. The smallest absolute Gasteiger partial charge is 0.246 e. The summed E-state index contributed by atoms with van der Waals surface area (Å²) in [4.78, 5) is 44.0. The van der Waals surface area contributed by atoms with Crippen LogP contribution in [0.4, 0.5) is 5.69 Å². The fourth-order valence-corrected chi connectivity index (χ4v) is 7.80. The Morgan fingerprint density at radius 2 is 1.41 bits per heavy atom. The number of hydrogen-bond donors (Lipinski definition) is 0. The van der Waals surface area contributed by atoms with E-state index in [0.29, 0.717) is 38.5 Å². The van der Waals surface area contributed by atoms with Crippen molar-refractivity contribution in [2.75, 3.05) is 37.6 Å². The summed E-state index contributed by atoms with van der Waals surface area (Å²) in [6.07, 6.45) is 12.4. The molecule has 2 aliphatic heterocycles. The first-order valence-corrected chi connectivity index (χ1v) is 13.2. The molecule has 1 aromatic rings. The lowest BCUT2D eigenvalue weighted by atomic mass is 9.49. The molecule has 0 radical (unpaired) electrons. The maximum atomic E-state index is 13.6. The van der Waals surface area contributed by atoms with Gasteiger partial charge in [-0.1, -0.05) is 12.1 Å². The second-order valence-corrected chi connectivity index (χ2v) is 11.4. The van der Waals surface area contributed by atoms with Crippen LogP contribution in [0.2, 0.25) is 0 Å². The molecular weight excluding hydrogens is 426 g/mol. The molecule has 0 N–H and O–H groups in total. The predicted octanol–water partition coefficient (Wildman–Crippen LogP) is 3.71. The van der Waals surface area contributed by atoms with Crippen LogP contribution in [0.15, 0.2) is 30.3 Å². The molecule has 0 unspecified atom stereocenters. The van der Waals surface area contributed by atoms with E-state index in [1.807, 2.05) is 40.1 Å². The molecule has 6 fully saturated rings. The third kappa shape index (κ3) is 3.95. The molecular formula is C28H35N3O3. The summed E-state index contributed by atoms with van der Waals surface area (Å²) in [6.45, 7) is 3.30. The van der Waals surface area contributed by atoms with E-state index in [2.05, 4.69) is 4.90 Å². The number of amides is 3. The van der Waals surface area contributed by atoms with Crippen molar-refractivity contribution >= 4 is 29.5 Å². The summed E-state index contributed by atoms with van der Waals surface area (Å²) >= 11 is 0. The van der Waals surface area contributed by atoms with E-state index in [9.17, 15) is 14.4 Å². The van der Waals surface area contributed by atoms with E-state index >= 15 is 0 Å². The molecule has 2 saturated heterocycles. The molecule has 6 heteroatoms. The van der Waals surface area contributed by atoms with Crippen LogP contribution in [0.25, 0.3) is 6.08 Å². The van der Waals surface area contributed by atoms with Crippen LogP contribution in [0.3, 0.4) is 0 Å². The Balaban J connectivity index is 1.03. The lowest BCUT2D eigenvalue weighted by molar-refractivity contribution is -0.160. The Morgan fingerprint density at radius 1 is 0.824 bits per heavy atom. The number of nitrogens with zero attached hydrogens (tertiary/aromatic N) is 3. The molecule has 6 nitrogen and oxygen atoms in total. The summed E-state index contributed by atoms with van der Waals surface area (Å²) in [7, 11) is 0. The lowest BCUT2D eigenvalue weighted by Crippen LogP contribution is -2.58. The first-order chi connectivity index (χ1) is 16.5. The van der Waals surface area contributed by atoms with Gasteiger partial charge in [0.1, 0.15) is 0 Å². The Kier molecular flexibility index (Phi) is 5.50. The SMILES string of the molecule is O=C(/C=C/c1ccc(N2CCCC2=O)cc1)N1CCN(C(=O)C23CC4CC(CC(C4)C2)C3)CC1. The lowest BCUT2D eigenvalue weighted by Gasteiger charge is -2.57. The van der Waals surface area contributed by atoms with Gasteiger partial charge in [-0.2, -0.15) is 0 Å². The third-order valence-electron chi connectivity index (χ3n) is 9.07. The average Bonchev–Trinajstić information content (AvgIpc) is 3.27. The van der Waals surface area contributed by atoms with Gasteiger partial charge in [-0.15, -0.1) is 0 Å². The highest BCUT2D eigenvalue weighted by Gasteiger charge is 2.55. The normalized spacial score (nSPS) is 32.8. The highest BCUT2D eigenvalue weighted by molar-refractivity contribution is 5.95. The number of benzene rings is 1. The molecule has 0 atom stereocenters. The van der Waals surface area contributed by atoms with E-state index in [1.54, 1.807) is 6.08 Å². The van der Waals surface area contributed by atoms with Gasteiger partial charge in [0.25, 0.3) is 0 Å². The van der Waals surface area contributed by atoms with Gasteiger partial charge >= 0.3 is 0 Å².